The molecule has 1 aromatic carbocycles. The standard InChI is InChI=1S/C14H17NO2/c16-13(12-6-2-1-3-7-12)8-9-14(17)15-10-4-5-11-15/h1-3,6-7H,4-5,8-11H2. The van der Waals surface area contributed by atoms with E-state index in [-0.39, 0.29) is 11.7 Å². The lowest BCUT2D eigenvalue weighted by molar-refractivity contribution is -0.130. The average molecular weight is 231 g/mol. The summed E-state index contributed by atoms with van der Waals surface area (Å²) in [5.74, 6) is 0.171. The SMILES string of the molecule is O=C(CCC(=O)N1CCCC1)c1ccccc1. The maximum atomic E-state index is 11.8. The highest BCUT2D eigenvalue weighted by Crippen LogP contribution is 2.11. The Bertz CT molecular complexity index is 394. The quantitative estimate of drug-likeness (QED) is 0.745. The van der Waals surface area contributed by atoms with Gasteiger partial charge in [0.1, 0.15) is 0 Å². The van der Waals surface area contributed by atoms with E-state index in [1.54, 1.807) is 12.1 Å². The van der Waals surface area contributed by atoms with E-state index in [2.05, 4.69) is 0 Å². The third-order valence-electron chi connectivity index (χ3n) is 3.12. The lowest BCUT2D eigenvalue weighted by atomic mass is 10.1. The van der Waals surface area contributed by atoms with Crippen molar-refractivity contribution in [1.29, 1.82) is 0 Å². The number of nitrogens with zero attached hydrogens (tertiary/aromatic N) is 1. The van der Waals surface area contributed by atoms with Crippen LogP contribution in [-0.4, -0.2) is 29.7 Å². The molecule has 0 spiro atoms. The van der Waals surface area contributed by atoms with Crippen LogP contribution in [0.1, 0.15) is 36.0 Å². The predicted molar refractivity (Wildman–Crippen MR) is 65.8 cm³/mol. The first-order valence-electron chi connectivity index (χ1n) is 6.13. The second kappa shape index (κ2) is 5.62. The molecule has 90 valence electrons. The zero-order chi connectivity index (χ0) is 12.1. The smallest absolute Gasteiger partial charge is 0.223 e. The fourth-order valence-electron chi connectivity index (χ4n) is 2.11. The molecule has 1 saturated heterocycles. The van der Waals surface area contributed by atoms with E-state index < -0.39 is 0 Å². The van der Waals surface area contributed by atoms with E-state index in [4.69, 9.17) is 0 Å². The topological polar surface area (TPSA) is 37.4 Å². The van der Waals surface area contributed by atoms with Gasteiger partial charge >= 0.3 is 0 Å². The van der Waals surface area contributed by atoms with Gasteiger partial charge in [0.05, 0.1) is 0 Å². The van der Waals surface area contributed by atoms with Crippen molar-refractivity contribution in [1.82, 2.24) is 4.90 Å². The van der Waals surface area contributed by atoms with Gasteiger partial charge in [0, 0.05) is 31.5 Å². The third-order valence-corrected chi connectivity index (χ3v) is 3.12. The minimum atomic E-state index is 0.0538. The average Bonchev–Trinajstić information content (AvgIpc) is 2.90. The summed E-state index contributed by atoms with van der Waals surface area (Å²) in [5, 5.41) is 0. The molecule has 1 heterocycles. The molecule has 1 amide bonds. The number of carbonyl (C=O) groups is 2. The first kappa shape index (κ1) is 11.8. The van der Waals surface area contributed by atoms with E-state index in [0.717, 1.165) is 25.9 Å². The van der Waals surface area contributed by atoms with Gasteiger partial charge < -0.3 is 4.90 Å². The van der Waals surface area contributed by atoms with Gasteiger partial charge in [-0.3, -0.25) is 9.59 Å². The maximum absolute atomic E-state index is 11.8. The molecule has 1 aliphatic heterocycles. The Kier molecular flexibility index (Phi) is 3.91. The number of rotatable bonds is 4. The Balaban J connectivity index is 1.82. The first-order valence-corrected chi connectivity index (χ1v) is 6.13. The van der Waals surface area contributed by atoms with Gasteiger partial charge in [0.25, 0.3) is 0 Å². The summed E-state index contributed by atoms with van der Waals surface area (Å²) >= 11 is 0. The zero-order valence-electron chi connectivity index (χ0n) is 9.89. The Hall–Kier alpha value is -1.64. The number of benzene rings is 1. The summed E-state index contributed by atoms with van der Waals surface area (Å²) in [6.07, 6.45) is 2.85. The molecule has 3 heteroatoms. The van der Waals surface area contributed by atoms with Gasteiger partial charge in [-0.05, 0) is 12.8 Å². The summed E-state index contributed by atoms with van der Waals surface area (Å²) in [6, 6.07) is 9.16. The van der Waals surface area contributed by atoms with E-state index >= 15 is 0 Å². The van der Waals surface area contributed by atoms with Gasteiger partial charge in [-0.25, -0.2) is 0 Å². The highest BCUT2D eigenvalue weighted by atomic mass is 16.2. The molecule has 0 unspecified atom stereocenters. The summed E-state index contributed by atoms with van der Waals surface area (Å²) < 4.78 is 0. The van der Waals surface area contributed by atoms with Gasteiger partial charge in [-0.2, -0.15) is 0 Å². The van der Waals surface area contributed by atoms with E-state index in [0.29, 0.717) is 18.4 Å². The van der Waals surface area contributed by atoms with Crippen LogP contribution in [0, 0.1) is 0 Å². The van der Waals surface area contributed by atoms with Gasteiger partial charge in [-0.1, -0.05) is 30.3 Å². The number of hydrogen-bond donors (Lipinski definition) is 0. The molecule has 17 heavy (non-hydrogen) atoms. The fourth-order valence-corrected chi connectivity index (χ4v) is 2.11. The second-order valence-electron chi connectivity index (χ2n) is 4.38. The molecule has 0 radical (unpaired) electrons. The Morgan fingerprint density at radius 1 is 1.00 bits per heavy atom. The minimum Gasteiger partial charge on any atom is -0.343 e. The molecule has 1 fully saturated rings. The van der Waals surface area contributed by atoms with Crippen LogP contribution in [0.25, 0.3) is 0 Å². The maximum Gasteiger partial charge on any atom is 0.223 e. The van der Waals surface area contributed by atoms with Crippen LogP contribution in [0.4, 0.5) is 0 Å². The normalized spacial score (nSPS) is 14.9. The van der Waals surface area contributed by atoms with E-state index in [9.17, 15) is 9.59 Å². The minimum absolute atomic E-state index is 0.0538. The van der Waals surface area contributed by atoms with Gasteiger partial charge in [-0.15, -0.1) is 0 Å². The monoisotopic (exact) mass is 231 g/mol. The molecule has 0 bridgehead atoms. The number of ketones is 1. The van der Waals surface area contributed by atoms with Crippen molar-refractivity contribution in [2.75, 3.05) is 13.1 Å². The molecule has 0 atom stereocenters. The van der Waals surface area contributed by atoms with Crippen LogP contribution in [0.5, 0.6) is 0 Å². The molecule has 3 nitrogen and oxygen atoms in total. The van der Waals surface area contributed by atoms with Crippen LogP contribution >= 0.6 is 0 Å². The summed E-state index contributed by atoms with van der Waals surface area (Å²) in [6.45, 7) is 1.72. The summed E-state index contributed by atoms with van der Waals surface area (Å²) in [7, 11) is 0. The first-order chi connectivity index (χ1) is 8.27. The van der Waals surface area contributed by atoms with Crippen molar-refractivity contribution in [3.8, 4) is 0 Å². The largest absolute Gasteiger partial charge is 0.343 e. The van der Waals surface area contributed by atoms with Crippen molar-refractivity contribution < 1.29 is 9.59 Å². The van der Waals surface area contributed by atoms with Crippen LogP contribution < -0.4 is 0 Å². The Labute approximate surface area is 101 Å². The Morgan fingerprint density at radius 2 is 1.65 bits per heavy atom. The number of amides is 1. The molecule has 1 aliphatic rings. The summed E-state index contributed by atoms with van der Waals surface area (Å²) in [5.41, 5.74) is 0.696. The van der Waals surface area contributed by atoms with Crippen LogP contribution in [0.3, 0.4) is 0 Å². The molecular formula is C14H17NO2. The molecule has 1 aromatic rings. The van der Waals surface area contributed by atoms with E-state index in [1.807, 2.05) is 23.1 Å². The molecule has 0 saturated carbocycles. The Morgan fingerprint density at radius 3 is 2.29 bits per heavy atom. The number of carbonyl (C=O) groups excluding carboxylic acids is 2. The molecule has 2 rings (SSSR count). The van der Waals surface area contributed by atoms with Crippen molar-refractivity contribution in [3.63, 3.8) is 0 Å². The van der Waals surface area contributed by atoms with Crippen molar-refractivity contribution in [2.24, 2.45) is 0 Å². The van der Waals surface area contributed by atoms with Crippen molar-refractivity contribution in [3.05, 3.63) is 35.9 Å². The lowest BCUT2D eigenvalue weighted by Gasteiger charge is -2.14. The van der Waals surface area contributed by atoms with E-state index in [1.165, 1.54) is 0 Å². The van der Waals surface area contributed by atoms with Crippen LogP contribution in [0.2, 0.25) is 0 Å². The fraction of sp³-hybridized carbons (Fsp3) is 0.429. The summed E-state index contributed by atoms with van der Waals surface area (Å²) in [4.78, 5) is 25.4. The molecule has 0 aromatic heterocycles. The predicted octanol–water partition coefficient (Wildman–Crippen LogP) is 2.27. The van der Waals surface area contributed by atoms with Gasteiger partial charge in [0.2, 0.25) is 5.91 Å². The number of likely N-dealkylation sites (tertiary alicyclic amines) is 1. The van der Waals surface area contributed by atoms with Crippen molar-refractivity contribution >= 4 is 11.7 Å². The molecule has 0 aliphatic carbocycles. The zero-order valence-corrected chi connectivity index (χ0v) is 9.89. The highest BCUT2D eigenvalue weighted by molar-refractivity contribution is 5.97. The molecular weight excluding hydrogens is 214 g/mol. The second-order valence-corrected chi connectivity index (χ2v) is 4.38. The number of hydrogen-bond acceptors (Lipinski definition) is 2. The van der Waals surface area contributed by atoms with Crippen LogP contribution in [-0.2, 0) is 4.79 Å². The lowest BCUT2D eigenvalue weighted by Crippen LogP contribution is -2.27. The van der Waals surface area contributed by atoms with Crippen LogP contribution in [0.15, 0.2) is 30.3 Å². The van der Waals surface area contributed by atoms with Gasteiger partial charge in [0.15, 0.2) is 5.78 Å². The molecule has 0 N–H and O–H groups in total. The van der Waals surface area contributed by atoms with Crippen molar-refractivity contribution in [2.45, 2.75) is 25.7 Å². The third kappa shape index (κ3) is 3.16. The number of Topliss-reactive ketones (excluding diaryl/α,β-unsaturated/α-hetero) is 1. The highest BCUT2D eigenvalue weighted by Gasteiger charge is 2.18.